The smallest absolute Gasteiger partial charge is 0.434 e. The molecule has 0 aliphatic carbocycles. The lowest BCUT2D eigenvalue weighted by Crippen LogP contribution is -2.42. The third kappa shape index (κ3) is 6.56. The number of nitrogens with zero attached hydrogens (tertiary/aromatic N) is 5. The lowest BCUT2D eigenvalue weighted by atomic mass is 9.73. The Morgan fingerprint density at radius 3 is 2.48 bits per heavy atom. The molecular formula is C27H23ClF6N6O4. The maximum absolute atomic E-state index is 14.2. The Morgan fingerprint density at radius 2 is 1.86 bits per heavy atom. The lowest BCUT2D eigenvalue weighted by molar-refractivity contribution is -0.144. The maximum Gasteiger partial charge on any atom is 0.434 e. The van der Waals surface area contributed by atoms with Crippen molar-refractivity contribution < 1.29 is 45.9 Å². The number of hydrogen-bond acceptors (Lipinski definition) is 8. The molecule has 1 fully saturated rings. The van der Waals surface area contributed by atoms with E-state index in [0.29, 0.717) is 36.4 Å². The summed E-state index contributed by atoms with van der Waals surface area (Å²) in [5.74, 6) is -2.91. The standard InChI is InChI=1S/C27H23ClF6N6O4/c28-16-8-18(26(29,30)31)23(36-11-16)40-21(27(32,33)34)17(12-37-40)24-38-22(39-44-24)15-4-2-14(3-5-15)19(41)9-25(10-20(42)43)6-1-7-35-13-25/h2-5,8,11-12,19,35,41H,1,6-7,9-10,13H2,(H,42,43)/t19-,25+/m0/s1. The van der Waals surface area contributed by atoms with Crippen LogP contribution in [0.3, 0.4) is 0 Å². The minimum absolute atomic E-state index is 0.00645. The number of hydrogen-bond donors (Lipinski definition) is 3. The number of carboxylic acid groups (broad SMARTS) is 1. The molecule has 17 heteroatoms. The van der Waals surface area contributed by atoms with Gasteiger partial charge in [-0.15, -0.1) is 0 Å². The van der Waals surface area contributed by atoms with Gasteiger partial charge in [-0.25, -0.2) is 9.67 Å². The van der Waals surface area contributed by atoms with E-state index in [9.17, 15) is 41.4 Å². The number of aliphatic carboxylic acids is 1. The Kier molecular flexibility index (Phi) is 8.43. The van der Waals surface area contributed by atoms with Gasteiger partial charge in [-0.05, 0) is 42.9 Å². The van der Waals surface area contributed by atoms with Gasteiger partial charge in [0, 0.05) is 18.3 Å². The van der Waals surface area contributed by atoms with Gasteiger partial charge < -0.3 is 20.1 Å². The van der Waals surface area contributed by atoms with E-state index in [1.54, 1.807) is 12.1 Å². The van der Waals surface area contributed by atoms with Crippen LogP contribution in [0.4, 0.5) is 26.3 Å². The van der Waals surface area contributed by atoms with E-state index in [-0.39, 0.29) is 23.3 Å². The van der Waals surface area contributed by atoms with Gasteiger partial charge in [0.05, 0.1) is 29.3 Å². The average Bonchev–Trinajstić information content (AvgIpc) is 3.60. The molecule has 0 amide bonds. The van der Waals surface area contributed by atoms with Crippen LogP contribution < -0.4 is 5.32 Å². The second-order valence-electron chi connectivity index (χ2n) is 10.5. The molecule has 3 aromatic heterocycles. The Balaban J connectivity index is 1.43. The van der Waals surface area contributed by atoms with Crippen LogP contribution in [0, 0.1) is 5.41 Å². The van der Waals surface area contributed by atoms with Crippen LogP contribution in [0.1, 0.15) is 48.6 Å². The molecule has 44 heavy (non-hydrogen) atoms. The summed E-state index contributed by atoms with van der Waals surface area (Å²) in [6.45, 7) is 1.21. The van der Waals surface area contributed by atoms with Crippen molar-refractivity contribution in [3.8, 4) is 28.7 Å². The number of carbonyl (C=O) groups is 1. The first-order valence-electron chi connectivity index (χ1n) is 13.1. The third-order valence-electron chi connectivity index (χ3n) is 7.30. The Labute approximate surface area is 249 Å². The number of aliphatic hydroxyl groups is 1. The molecule has 0 spiro atoms. The van der Waals surface area contributed by atoms with Crippen molar-refractivity contribution in [2.45, 2.75) is 44.1 Å². The second kappa shape index (κ2) is 11.8. The van der Waals surface area contributed by atoms with Crippen molar-refractivity contribution in [1.82, 2.24) is 30.2 Å². The molecule has 3 N–H and O–H groups in total. The molecular weight excluding hydrogens is 622 g/mol. The summed E-state index contributed by atoms with van der Waals surface area (Å²) >= 11 is 5.61. The molecule has 1 saturated heterocycles. The largest absolute Gasteiger partial charge is 0.481 e. The zero-order chi connectivity index (χ0) is 31.9. The van der Waals surface area contributed by atoms with Crippen molar-refractivity contribution in [3.05, 3.63) is 64.6 Å². The van der Waals surface area contributed by atoms with E-state index in [2.05, 4.69) is 25.5 Å². The highest BCUT2D eigenvalue weighted by Crippen LogP contribution is 2.42. The van der Waals surface area contributed by atoms with E-state index >= 15 is 0 Å². The molecule has 2 atom stereocenters. The van der Waals surface area contributed by atoms with Crippen molar-refractivity contribution >= 4 is 17.6 Å². The number of carboxylic acids is 1. The first-order chi connectivity index (χ1) is 20.7. The number of aliphatic hydroxyl groups excluding tert-OH is 1. The van der Waals surface area contributed by atoms with Crippen LogP contribution in [0.25, 0.3) is 28.7 Å². The summed E-state index contributed by atoms with van der Waals surface area (Å²) in [6, 6.07) is 6.53. The van der Waals surface area contributed by atoms with Crippen LogP contribution >= 0.6 is 11.6 Å². The Bertz CT molecular complexity index is 1650. The zero-order valence-corrected chi connectivity index (χ0v) is 23.2. The summed E-state index contributed by atoms with van der Waals surface area (Å²) in [5, 5.41) is 30.2. The highest BCUT2D eigenvalue weighted by atomic mass is 35.5. The number of aromatic nitrogens is 5. The van der Waals surface area contributed by atoms with Gasteiger partial charge in [0.25, 0.3) is 5.89 Å². The first kappa shape index (κ1) is 31.4. The molecule has 0 unspecified atom stereocenters. The number of rotatable bonds is 8. The highest BCUT2D eigenvalue weighted by Gasteiger charge is 2.44. The molecule has 4 aromatic rings. The molecule has 1 aliphatic heterocycles. The topological polar surface area (TPSA) is 139 Å². The van der Waals surface area contributed by atoms with Gasteiger partial charge in [-0.3, -0.25) is 4.79 Å². The van der Waals surface area contributed by atoms with Crippen LogP contribution in [-0.4, -0.2) is 54.2 Å². The van der Waals surface area contributed by atoms with Crippen molar-refractivity contribution in [2.75, 3.05) is 13.1 Å². The van der Waals surface area contributed by atoms with Crippen molar-refractivity contribution in [2.24, 2.45) is 5.41 Å². The normalized spacial score (nSPS) is 18.4. The number of halogens is 7. The van der Waals surface area contributed by atoms with Gasteiger partial charge in [0.1, 0.15) is 5.56 Å². The molecule has 4 heterocycles. The third-order valence-corrected chi connectivity index (χ3v) is 7.51. The van der Waals surface area contributed by atoms with Gasteiger partial charge in [0.2, 0.25) is 5.82 Å². The number of piperidine rings is 1. The SMILES string of the molecule is O=C(O)C[C@]1(C[C@H](O)c2ccc(-c3noc(-c4cnn(-c5ncc(Cl)cc5C(F)(F)F)c4C(F)(F)F)n3)cc2)CCCNC1. The van der Waals surface area contributed by atoms with E-state index in [1.165, 1.54) is 12.1 Å². The molecule has 1 aliphatic rings. The van der Waals surface area contributed by atoms with Crippen molar-refractivity contribution in [1.29, 1.82) is 0 Å². The summed E-state index contributed by atoms with van der Waals surface area (Å²) in [5.41, 5.74) is -3.79. The van der Waals surface area contributed by atoms with Crippen LogP contribution in [-0.2, 0) is 17.1 Å². The second-order valence-corrected chi connectivity index (χ2v) is 10.9. The quantitative estimate of drug-likeness (QED) is 0.199. The maximum atomic E-state index is 14.2. The monoisotopic (exact) mass is 644 g/mol. The van der Waals surface area contributed by atoms with Crippen LogP contribution in [0.2, 0.25) is 5.02 Å². The summed E-state index contributed by atoms with van der Waals surface area (Å²) in [7, 11) is 0. The van der Waals surface area contributed by atoms with E-state index in [4.69, 9.17) is 16.1 Å². The summed E-state index contributed by atoms with van der Waals surface area (Å²) in [6.07, 6.45) is -8.41. The first-order valence-corrected chi connectivity index (χ1v) is 13.5. The van der Waals surface area contributed by atoms with Crippen LogP contribution in [0.15, 0.2) is 47.2 Å². The number of alkyl halides is 6. The van der Waals surface area contributed by atoms with Crippen molar-refractivity contribution in [3.63, 3.8) is 0 Å². The van der Waals surface area contributed by atoms with Gasteiger partial charge >= 0.3 is 18.3 Å². The minimum Gasteiger partial charge on any atom is -0.481 e. The molecule has 10 nitrogen and oxygen atoms in total. The fourth-order valence-corrected chi connectivity index (χ4v) is 5.49. The highest BCUT2D eigenvalue weighted by molar-refractivity contribution is 6.30. The average molecular weight is 645 g/mol. The van der Waals surface area contributed by atoms with Gasteiger partial charge in [-0.2, -0.15) is 36.4 Å². The molecule has 234 valence electrons. The van der Waals surface area contributed by atoms with E-state index < -0.39 is 63.4 Å². The molecule has 0 bridgehead atoms. The Morgan fingerprint density at radius 1 is 1.14 bits per heavy atom. The molecule has 0 radical (unpaired) electrons. The van der Waals surface area contributed by atoms with Crippen LogP contribution in [0.5, 0.6) is 0 Å². The zero-order valence-electron chi connectivity index (χ0n) is 22.5. The predicted octanol–water partition coefficient (Wildman–Crippen LogP) is 5.94. The summed E-state index contributed by atoms with van der Waals surface area (Å²) in [4.78, 5) is 18.9. The number of benzene rings is 1. The van der Waals surface area contributed by atoms with E-state index in [0.717, 1.165) is 19.2 Å². The number of nitrogens with one attached hydrogen (secondary N) is 1. The lowest BCUT2D eigenvalue weighted by Gasteiger charge is -2.38. The molecule has 1 aromatic carbocycles. The minimum atomic E-state index is -5.21. The Hall–Kier alpha value is -4.02. The van der Waals surface area contributed by atoms with E-state index in [1.807, 2.05) is 0 Å². The number of pyridine rings is 1. The molecule has 5 rings (SSSR count). The molecule has 0 saturated carbocycles. The van der Waals surface area contributed by atoms with Gasteiger partial charge in [-0.1, -0.05) is 41.0 Å². The summed E-state index contributed by atoms with van der Waals surface area (Å²) < 4.78 is 88.5. The van der Waals surface area contributed by atoms with Gasteiger partial charge in [0.15, 0.2) is 11.5 Å². The fourth-order valence-electron chi connectivity index (χ4n) is 5.33. The predicted molar refractivity (Wildman–Crippen MR) is 141 cm³/mol. The fraction of sp³-hybridized carbons (Fsp3) is 0.370.